The van der Waals surface area contributed by atoms with Gasteiger partial charge in [-0.25, -0.2) is 4.39 Å². The fourth-order valence-corrected chi connectivity index (χ4v) is 1.54. The van der Waals surface area contributed by atoms with Crippen LogP contribution in [0, 0.1) is 12.7 Å². The van der Waals surface area contributed by atoms with E-state index in [1.807, 2.05) is 0 Å². The molecule has 1 rings (SSSR count). The molecule has 0 fully saturated rings. The Morgan fingerprint density at radius 3 is 2.40 bits per heavy atom. The van der Waals surface area contributed by atoms with E-state index in [-0.39, 0.29) is 30.7 Å². The molecule has 5 nitrogen and oxygen atoms in total. The van der Waals surface area contributed by atoms with Gasteiger partial charge in [-0.3, -0.25) is 14.5 Å². The number of nitrogens with zero attached hydrogens (tertiary/aromatic N) is 2. The number of halogens is 1. The predicted molar refractivity (Wildman–Crippen MR) is 76.0 cm³/mol. The molecule has 6 heteroatoms. The van der Waals surface area contributed by atoms with Crippen LogP contribution in [0.25, 0.3) is 0 Å². The highest BCUT2D eigenvalue weighted by atomic mass is 19.1. The van der Waals surface area contributed by atoms with Gasteiger partial charge in [-0.1, -0.05) is 6.07 Å². The van der Waals surface area contributed by atoms with Crippen LogP contribution in [0.2, 0.25) is 0 Å². The first kappa shape index (κ1) is 16.1. The standard InChI is InChI=1S/C14H20FN3O2/c1-10-5-6-11(7-12(10)15)16-13(19)8-18(4)9-14(20)17(2)3/h5-7H,8-9H2,1-4H3,(H,16,19). The van der Waals surface area contributed by atoms with Crippen molar-refractivity contribution in [3.63, 3.8) is 0 Å². The number of amides is 2. The lowest BCUT2D eigenvalue weighted by molar-refractivity contribution is -0.130. The zero-order chi connectivity index (χ0) is 15.3. The van der Waals surface area contributed by atoms with Crippen LogP contribution >= 0.6 is 0 Å². The van der Waals surface area contributed by atoms with Gasteiger partial charge in [-0.05, 0) is 31.7 Å². The molecule has 0 saturated carbocycles. The topological polar surface area (TPSA) is 52.7 Å². The summed E-state index contributed by atoms with van der Waals surface area (Å²) in [6, 6.07) is 4.52. The van der Waals surface area contributed by atoms with Crippen LogP contribution in [0.3, 0.4) is 0 Å². The van der Waals surface area contributed by atoms with E-state index < -0.39 is 0 Å². The van der Waals surface area contributed by atoms with E-state index in [9.17, 15) is 14.0 Å². The van der Waals surface area contributed by atoms with E-state index in [1.54, 1.807) is 45.1 Å². The Kier molecular flexibility index (Phi) is 5.64. The molecule has 0 bridgehead atoms. The van der Waals surface area contributed by atoms with E-state index in [0.29, 0.717) is 11.3 Å². The number of carbonyl (C=O) groups excluding carboxylic acids is 2. The van der Waals surface area contributed by atoms with Gasteiger partial charge in [0.1, 0.15) is 5.82 Å². The number of hydrogen-bond donors (Lipinski definition) is 1. The van der Waals surface area contributed by atoms with E-state index in [0.717, 1.165) is 0 Å². The third kappa shape index (κ3) is 4.97. The van der Waals surface area contributed by atoms with Crippen LogP contribution in [0.5, 0.6) is 0 Å². The second-order valence-electron chi connectivity index (χ2n) is 4.97. The van der Waals surface area contributed by atoms with Crippen LogP contribution in [0.15, 0.2) is 18.2 Å². The third-order valence-corrected chi connectivity index (χ3v) is 2.77. The number of aryl methyl sites for hydroxylation is 1. The third-order valence-electron chi connectivity index (χ3n) is 2.77. The molecule has 0 unspecified atom stereocenters. The molecule has 0 aliphatic carbocycles. The molecule has 0 spiro atoms. The molecule has 1 N–H and O–H groups in total. The monoisotopic (exact) mass is 281 g/mol. The van der Waals surface area contributed by atoms with Gasteiger partial charge in [0.15, 0.2) is 0 Å². The number of likely N-dealkylation sites (N-methyl/N-ethyl adjacent to an activating group) is 2. The van der Waals surface area contributed by atoms with Crippen molar-refractivity contribution in [2.75, 3.05) is 39.5 Å². The van der Waals surface area contributed by atoms with E-state index >= 15 is 0 Å². The lowest BCUT2D eigenvalue weighted by Crippen LogP contribution is -2.38. The molecule has 1 aromatic rings. The minimum absolute atomic E-state index is 0.0646. The van der Waals surface area contributed by atoms with Crippen molar-refractivity contribution in [1.29, 1.82) is 0 Å². The SMILES string of the molecule is Cc1ccc(NC(=O)CN(C)CC(=O)N(C)C)cc1F. The molecule has 20 heavy (non-hydrogen) atoms. The first-order valence-electron chi connectivity index (χ1n) is 6.24. The maximum Gasteiger partial charge on any atom is 0.238 e. The molecular formula is C14H20FN3O2. The Balaban J connectivity index is 2.50. The molecule has 0 aliphatic rings. The zero-order valence-corrected chi connectivity index (χ0v) is 12.2. The average Bonchev–Trinajstić information content (AvgIpc) is 2.33. The van der Waals surface area contributed by atoms with Gasteiger partial charge in [0.2, 0.25) is 11.8 Å². The largest absolute Gasteiger partial charge is 0.348 e. The molecular weight excluding hydrogens is 261 g/mol. The van der Waals surface area contributed by atoms with Crippen LogP contribution in [-0.4, -0.2) is 55.8 Å². The smallest absolute Gasteiger partial charge is 0.238 e. The lowest BCUT2D eigenvalue weighted by Gasteiger charge is -2.18. The maximum atomic E-state index is 13.3. The number of benzene rings is 1. The van der Waals surface area contributed by atoms with Crippen molar-refractivity contribution in [3.05, 3.63) is 29.6 Å². The summed E-state index contributed by atoms with van der Waals surface area (Å²) in [5.41, 5.74) is 0.933. The Hall–Kier alpha value is -1.95. The fourth-order valence-electron chi connectivity index (χ4n) is 1.54. The maximum absolute atomic E-state index is 13.3. The summed E-state index contributed by atoms with van der Waals surface area (Å²) >= 11 is 0. The minimum atomic E-state index is -0.362. The summed E-state index contributed by atoms with van der Waals surface area (Å²) in [7, 11) is 4.99. The Labute approximate surface area is 118 Å². The van der Waals surface area contributed by atoms with Crippen LogP contribution < -0.4 is 5.32 Å². The number of hydrogen-bond acceptors (Lipinski definition) is 3. The van der Waals surface area contributed by atoms with E-state index in [2.05, 4.69) is 5.32 Å². The quantitative estimate of drug-likeness (QED) is 0.879. The van der Waals surface area contributed by atoms with Gasteiger partial charge < -0.3 is 10.2 Å². The fraction of sp³-hybridized carbons (Fsp3) is 0.429. The molecule has 0 heterocycles. The van der Waals surface area contributed by atoms with Crippen LogP contribution in [-0.2, 0) is 9.59 Å². The van der Waals surface area contributed by atoms with Gasteiger partial charge in [-0.2, -0.15) is 0 Å². The summed E-state index contributed by atoms with van der Waals surface area (Å²) in [6.07, 6.45) is 0. The second-order valence-corrected chi connectivity index (χ2v) is 4.97. The highest BCUT2D eigenvalue weighted by Crippen LogP contribution is 2.13. The van der Waals surface area contributed by atoms with Gasteiger partial charge in [-0.15, -0.1) is 0 Å². The van der Waals surface area contributed by atoms with Gasteiger partial charge >= 0.3 is 0 Å². The van der Waals surface area contributed by atoms with Crippen molar-refractivity contribution < 1.29 is 14.0 Å². The number of anilines is 1. The number of carbonyl (C=O) groups is 2. The average molecular weight is 281 g/mol. The Morgan fingerprint density at radius 2 is 1.85 bits per heavy atom. The molecule has 0 saturated heterocycles. The minimum Gasteiger partial charge on any atom is -0.348 e. The molecule has 0 radical (unpaired) electrons. The zero-order valence-electron chi connectivity index (χ0n) is 12.2. The summed E-state index contributed by atoms with van der Waals surface area (Å²) in [5, 5.41) is 2.60. The molecule has 0 atom stereocenters. The van der Waals surface area contributed by atoms with Crippen LogP contribution in [0.4, 0.5) is 10.1 Å². The van der Waals surface area contributed by atoms with Crippen molar-refractivity contribution >= 4 is 17.5 Å². The van der Waals surface area contributed by atoms with Gasteiger partial charge in [0.05, 0.1) is 13.1 Å². The lowest BCUT2D eigenvalue weighted by atomic mass is 10.2. The molecule has 110 valence electrons. The van der Waals surface area contributed by atoms with Crippen molar-refractivity contribution in [2.24, 2.45) is 0 Å². The first-order chi connectivity index (χ1) is 9.29. The van der Waals surface area contributed by atoms with Gasteiger partial charge in [0, 0.05) is 19.8 Å². The van der Waals surface area contributed by atoms with Crippen LogP contribution in [0.1, 0.15) is 5.56 Å². The Morgan fingerprint density at radius 1 is 1.20 bits per heavy atom. The first-order valence-corrected chi connectivity index (χ1v) is 6.24. The number of nitrogens with one attached hydrogen (secondary N) is 1. The predicted octanol–water partition coefficient (Wildman–Crippen LogP) is 1.09. The number of rotatable bonds is 5. The summed E-state index contributed by atoms with van der Waals surface area (Å²) in [5.74, 6) is -0.733. The summed E-state index contributed by atoms with van der Waals surface area (Å²) < 4.78 is 13.3. The highest BCUT2D eigenvalue weighted by molar-refractivity contribution is 5.92. The van der Waals surface area contributed by atoms with Gasteiger partial charge in [0.25, 0.3) is 0 Å². The summed E-state index contributed by atoms with van der Waals surface area (Å²) in [6.45, 7) is 1.87. The van der Waals surface area contributed by atoms with Crippen molar-refractivity contribution in [1.82, 2.24) is 9.80 Å². The highest BCUT2D eigenvalue weighted by Gasteiger charge is 2.12. The second kappa shape index (κ2) is 7.00. The molecule has 2 amide bonds. The molecule has 0 aliphatic heterocycles. The van der Waals surface area contributed by atoms with E-state index in [1.165, 1.54) is 11.0 Å². The molecule has 1 aromatic carbocycles. The summed E-state index contributed by atoms with van der Waals surface area (Å²) in [4.78, 5) is 26.3. The van der Waals surface area contributed by atoms with E-state index in [4.69, 9.17) is 0 Å². The normalized spacial score (nSPS) is 10.5. The van der Waals surface area contributed by atoms with Crippen molar-refractivity contribution in [3.8, 4) is 0 Å². The molecule has 0 aromatic heterocycles. The Bertz CT molecular complexity index is 503. The van der Waals surface area contributed by atoms with Crippen molar-refractivity contribution in [2.45, 2.75) is 6.92 Å².